The van der Waals surface area contributed by atoms with Crippen molar-refractivity contribution in [1.29, 1.82) is 0 Å². The van der Waals surface area contributed by atoms with E-state index >= 15 is 0 Å². The molecule has 0 unspecified atom stereocenters. The van der Waals surface area contributed by atoms with Gasteiger partial charge in [-0.3, -0.25) is 4.79 Å². The predicted molar refractivity (Wildman–Crippen MR) is 110 cm³/mol. The molecule has 5 heteroatoms. The first-order valence-electron chi connectivity index (χ1n) is 8.53. The summed E-state index contributed by atoms with van der Waals surface area (Å²) in [5, 5.41) is 2.88. The Balaban J connectivity index is 1.92. The van der Waals surface area contributed by atoms with E-state index in [-0.39, 0.29) is 12.5 Å². The fourth-order valence-electron chi connectivity index (χ4n) is 2.41. The van der Waals surface area contributed by atoms with Crippen molar-refractivity contribution < 1.29 is 9.53 Å². The zero-order valence-electron chi connectivity index (χ0n) is 14.6. The minimum atomic E-state index is -0.187. The third-order valence-corrected chi connectivity index (χ3v) is 5.17. The highest BCUT2D eigenvalue weighted by Crippen LogP contribution is 2.27. The molecule has 0 fully saturated rings. The molecule has 3 nitrogen and oxygen atoms in total. The number of hydrogen-bond donors (Lipinski definition) is 1. The van der Waals surface area contributed by atoms with E-state index in [1.165, 1.54) is 17.5 Å². The summed E-state index contributed by atoms with van der Waals surface area (Å²) in [4.78, 5) is 12.2. The Kier molecular flexibility index (Phi) is 7.97. The van der Waals surface area contributed by atoms with Crippen molar-refractivity contribution in [2.24, 2.45) is 0 Å². The van der Waals surface area contributed by atoms with Crippen LogP contribution in [0.5, 0.6) is 5.75 Å². The maximum absolute atomic E-state index is 12.2. The van der Waals surface area contributed by atoms with E-state index in [1.807, 2.05) is 24.3 Å². The lowest BCUT2D eigenvalue weighted by molar-refractivity contribution is -0.118. The highest BCUT2D eigenvalue weighted by Gasteiger charge is 2.09. The summed E-state index contributed by atoms with van der Waals surface area (Å²) in [5.74, 6) is 0.481. The number of unbranched alkanes of at least 4 members (excludes halogenated alkanes) is 1. The van der Waals surface area contributed by atoms with Crippen LogP contribution in [0.15, 0.2) is 45.3 Å². The number of hydrogen-bond acceptors (Lipinski definition) is 2. The number of halogens is 2. The van der Waals surface area contributed by atoms with Gasteiger partial charge in [0.25, 0.3) is 5.91 Å². The fourth-order valence-corrected chi connectivity index (χ4v) is 3.47. The minimum absolute atomic E-state index is 0.0336. The summed E-state index contributed by atoms with van der Waals surface area (Å²) in [5.41, 5.74) is 3.24. The predicted octanol–water partition coefficient (Wildman–Crippen LogP) is 6.13. The number of nitrogens with one attached hydrogen (secondary N) is 1. The molecule has 0 saturated heterocycles. The van der Waals surface area contributed by atoms with E-state index in [9.17, 15) is 4.79 Å². The van der Waals surface area contributed by atoms with Crippen LogP contribution >= 0.6 is 31.9 Å². The van der Waals surface area contributed by atoms with Crippen molar-refractivity contribution in [2.75, 3.05) is 11.9 Å². The zero-order valence-corrected chi connectivity index (χ0v) is 17.7. The molecular formula is C20H23Br2NO2. The molecule has 2 rings (SSSR count). The van der Waals surface area contributed by atoms with Crippen molar-refractivity contribution >= 4 is 43.5 Å². The second-order valence-corrected chi connectivity index (χ2v) is 7.58. The van der Waals surface area contributed by atoms with Crippen molar-refractivity contribution in [3.63, 3.8) is 0 Å². The van der Waals surface area contributed by atoms with Crippen LogP contribution in [0.3, 0.4) is 0 Å². The maximum atomic E-state index is 12.2. The molecule has 0 aliphatic heterocycles. The van der Waals surface area contributed by atoms with E-state index in [0.717, 1.165) is 33.9 Å². The van der Waals surface area contributed by atoms with Crippen LogP contribution in [0.4, 0.5) is 5.69 Å². The van der Waals surface area contributed by atoms with Gasteiger partial charge in [0, 0.05) is 4.47 Å². The van der Waals surface area contributed by atoms with Gasteiger partial charge in [0.2, 0.25) is 0 Å². The van der Waals surface area contributed by atoms with Gasteiger partial charge >= 0.3 is 0 Å². The van der Waals surface area contributed by atoms with Crippen LogP contribution in [-0.4, -0.2) is 12.5 Å². The van der Waals surface area contributed by atoms with Crippen LogP contribution in [-0.2, 0) is 17.6 Å². The molecule has 2 aromatic carbocycles. The molecule has 0 spiro atoms. The van der Waals surface area contributed by atoms with Crippen molar-refractivity contribution in [3.05, 3.63) is 56.5 Å². The molecular weight excluding hydrogens is 446 g/mol. The Bertz CT molecular complexity index is 732. The summed E-state index contributed by atoms with van der Waals surface area (Å²) < 4.78 is 7.37. The molecule has 0 aromatic heterocycles. The van der Waals surface area contributed by atoms with Crippen molar-refractivity contribution in [2.45, 2.75) is 39.5 Å². The second-order valence-electron chi connectivity index (χ2n) is 5.87. The molecule has 2 aromatic rings. The monoisotopic (exact) mass is 467 g/mol. The first-order chi connectivity index (χ1) is 12.0. The highest BCUT2D eigenvalue weighted by molar-refractivity contribution is 9.11. The minimum Gasteiger partial charge on any atom is -0.483 e. The Morgan fingerprint density at radius 2 is 1.76 bits per heavy atom. The molecule has 25 heavy (non-hydrogen) atoms. The third-order valence-electron chi connectivity index (χ3n) is 3.89. The third kappa shape index (κ3) is 6.15. The summed E-state index contributed by atoms with van der Waals surface area (Å²) in [6.45, 7) is 4.24. The number of ether oxygens (including phenoxy) is 1. The van der Waals surface area contributed by atoms with E-state index < -0.39 is 0 Å². The van der Waals surface area contributed by atoms with Crippen molar-refractivity contribution in [1.82, 2.24) is 0 Å². The molecule has 0 aliphatic carbocycles. The van der Waals surface area contributed by atoms with Crippen LogP contribution < -0.4 is 10.1 Å². The lowest BCUT2D eigenvalue weighted by Gasteiger charge is -2.11. The lowest BCUT2D eigenvalue weighted by atomic mass is 10.1. The zero-order chi connectivity index (χ0) is 18.2. The number of rotatable bonds is 8. The Morgan fingerprint density at radius 1 is 1.04 bits per heavy atom. The SMILES string of the molecule is CCCCc1ccc(NC(=O)COc2ccc(CC)cc2Br)c(Br)c1. The van der Waals surface area contributed by atoms with Gasteiger partial charge in [0.1, 0.15) is 5.75 Å². The van der Waals surface area contributed by atoms with Gasteiger partial charge in [-0.15, -0.1) is 0 Å². The van der Waals surface area contributed by atoms with E-state index in [4.69, 9.17) is 4.74 Å². The number of aryl methyl sites for hydroxylation is 2. The summed E-state index contributed by atoms with van der Waals surface area (Å²) in [7, 11) is 0. The average molecular weight is 469 g/mol. The number of carbonyl (C=O) groups is 1. The van der Waals surface area contributed by atoms with Gasteiger partial charge < -0.3 is 10.1 Å². The topological polar surface area (TPSA) is 38.3 Å². The van der Waals surface area contributed by atoms with E-state index in [0.29, 0.717) is 5.75 Å². The number of carbonyl (C=O) groups excluding carboxylic acids is 1. The van der Waals surface area contributed by atoms with Gasteiger partial charge in [-0.05, 0) is 86.5 Å². The summed E-state index contributed by atoms with van der Waals surface area (Å²) in [6.07, 6.45) is 4.34. The molecule has 0 bridgehead atoms. The summed E-state index contributed by atoms with van der Waals surface area (Å²) >= 11 is 7.01. The Labute approximate surface area is 166 Å². The Morgan fingerprint density at radius 3 is 2.40 bits per heavy atom. The molecule has 0 saturated carbocycles. The quantitative estimate of drug-likeness (QED) is 0.505. The van der Waals surface area contributed by atoms with Gasteiger partial charge in [-0.2, -0.15) is 0 Å². The molecule has 134 valence electrons. The van der Waals surface area contributed by atoms with Gasteiger partial charge in [-0.25, -0.2) is 0 Å². The first-order valence-corrected chi connectivity index (χ1v) is 10.1. The average Bonchev–Trinajstić information content (AvgIpc) is 2.60. The van der Waals surface area contributed by atoms with Crippen LogP contribution in [0.2, 0.25) is 0 Å². The molecule has 0 radical (unpaired) electrons. The molecule has 0 aliphatic rings. The van der Waals surface area contributed by atoms with Gasteiger partial charge in [0.15, 0.2) is 6.61 Å². The molecule has 1 amide bonds. The van der Waals surface area contributed by atoms with Crippen LogP contribution in [0, 0.1) is 0 Å². The second kappa shape index (κ2) is 9.97. The van der Waals surface area contributed by atoms with E-state index in [2.05, 4.69) is 63.2 Å². The smallest absolute Gasteiger partial charge is 0.262 e. The Hall–Kier alpha value is -1.33. The summed E-state index contributed by atoms with van der Waals surface area (Å²) in [6, 6.07) is 11.9. The molecule has 0 heterocycles. The van der Waals surface area contributed by atoms with E-state index in [1.54, 1.807) is 0 Å². The van der Waals surface area contributed by atoms with Crippen LogP contribution in [0.1, 0.15) is 37.8 Å². The maximum Gasteiger partial charge on any atom is 0.262 e. The van der Waals surface area contributed by atoms with Crippen molar-refractivity contribution in [3.8, 4) is 5.75 Å². The largest absolute Gasteiger partial charge is 0.483 e. The number of benzene rings is 2. The molecule has 0 atom stereocenters. The normalized spacial score (nSPS) is 10.6. The van der Waals surface area contributed by atoms with Crippen LogP contribution in [0.25, 0.3) is 0 Å². The standard InChI is InChI=1S/C20H23Br2NO2/c1-3-5-6-15-7-9-18(16(21)12-15)23-20(24)13-25-19-10-8-14(4-2)11-17(19)22/h7-12H,3-6,13H2,1-2H3,(H,23,24). The first kappa shape index (κ1) is 20.0. The van der Waals surface area contributed by atoms with Gasteiger partial charge in [-0.1, -0.05) is 32.4 Å². The fraction of sp³-hybridized carbons (Fsp3) is 0.350. The number of anilines is 1. The lowest BCUT2D eigenvalue weighted by Crippen LogP contribution is -2.20. The molecule has 1 N–H and O–H groups in total. The van der Waals surface area contributed by atoms with Gasteiger partial charge in [0.05, 0.1) is 10.2 Å². The number of amides is 1. The highest BCUT2D eigenvalue weighted by atomic mass is 79.9.